The third kappa shape index (κ3) is 3.09. The summed E-state index contributed by atoms with van der Waals surface area (Å²) < 4.78 is 42.1. The number of anilines is 1. The molecular formula is C14H10F3NO2. The van der Waals surface area contributed by atoms with Crippen LogP contribution in [-0.4, -0.2) is 5.97 Å². The zero-order chi connectivity index (χ0) is 14.8. The molecule has 0 bridgehead atoms. The summed E-state index contributed by atoms with van der Waals surface area (Å²) in [4.78, 5) is 11.8. The molecule has 3 nitrogen and oxygen atoms in total. The Morgan fingerprint density at radius 1 is 1.00 bits per heavy atom. The van der Waals surface area contributed by atoms with E-state index in [0.29, 0.717) is 0 Å². The van der Waals surface area contributed by atoms with Gasteiger partial charge < -0.3 is 10.5 Å². The van der Waals surface area contributed by atoms with E-state index in [4.69, 9.17) is 10.5 Å². The minimum Gasteiger partial charge on any atom is -0.423 e. The number of para-hydroxylation sites is 1. The van der Waals surface area contributed by atoms with Gasteiger partial charge in [0, 0.05) is 5.69 Å². The topological polar surface area (TPSA) is 52.3 Å². The molecule has 0 spiro atoms. The molecule has 6 heteroatoms. The number of rotatable bonds is 2. The number of esters is 1. The van der Waals surface area contributed by atoms with Gasteiger partial charge >= 0.3 is 12.1 Å². The van der Waals surface area contributed by atoms with Crippen molar-refractivity contribution in [3.63, 3.8) is 0 Å². The average Bonchev–Trinajstić information content (AvgIpc) is 2.38. The number of ether oxygens (including phenoxy) is 1. The molecule has 0 aliphatic heterocycles. The van der Waals surface area contributed by atoms with Crippen molar-refractivity contribution < 1.29 is 22.7 Å². The largest absolute Gasteiger partial charge is 0.423 e. The molecule has 0 saturated carbocycles. The monoisotopic (exact) mass is 281 g/mol. The SMILES string of the molecule is Nc1ccccc1C(=O)Oc1ccc(C(F)(F)F)cc1. The van der Waals surface area contributed by atoms with Crippen LogP contribution >= 0.6 is 0 Å². The van der Waals surface area contributed by atoms with Crippen molar-refractivity contribution >= 4 is 11.7 Å². The summed E-state index contributed by atoms with van der Waals surface area (Å²) in [6, 6.07) is 10.1. The number of carbonyl (C=O) groups excluding carboxylic acids is 1. The second kappa shape index (κ2) is 5.24. The lowest BCUT2D eigenvalue weighted by Crippen LogP contribution is -2.11. The van der Waals surface area contributed by atoms with Crippen molar-refractivity contribution in [3.05, 3.63) is 59.7 Å². The Bertz CT molecular complexity index is 621. The Morgan fingerprint density at radius 2 is 1.60 bits per heavy atom. The zero-order valence-electron chi connectivity index (χ0n) is 10.1. The van der Waals surface area contributed by atoms with Crippen LogP contribution in [0.15, 0.2) is 48.5 Å². The van der Waals surface area contributed by atoms with Gasteiger partial charge in [-0.3, -0.25) is 0 Å². The molecule has 0 aromatic heterocycles. The summed E-state index contributed by atoms with van der Waals surface area (Å²) in [5.74, 6) is -0.700. The van der Waals surface area contributed by atoms with Crippen LogP contribution in [0.3, 0.4) is 0 Å². The Morgan fingerprint density at radius 3 is 2.15 bits per heavy atom. The summed E-state index contributed by atoms with van der Waals surface area (Å²) in [5, 5.41) is 0. The Balaban J connectivity index is 2.15. The van der Waals surface area contributed by atoms with E-state index in [-0.39, 0.29) is 17.0 Å². The third-order valence-corrected chi connectivity index (χ3v) is 2.57. The number of hydrogen-bond acceptors (Lipinski definition) is 3. The number of carbonyl (C=O) groups is 1. The normalized spacial score (nSPS) is 11.2. The van der Waals surface area contributed by atoms with Crippen LogP contribution in [-0.2, 0) is 6.18 Å². The third-order valence-electron chi connectivity index (χ3n) is 2.57. The first-order valence-corrected chi connectivity index (χ1v) is 5.62. The maximum atomic E-state index is 12.4. The highest BCUT2D eigenvalue weighted by Crippen LogP contribution is 2.30. The maximum Gasteiger partial charge on any atom is 0.416 e. The Kier molecular flexibility index (Phi) is 3.65. The highest BCUT2D eigenvalue weighted by molar-refractivity contribution is 5.96. The van der Waals surface area contributed by atoms with Gasteiger partial charge in [0.2, 0.25) is 0 Å². The molecule has 0 aliphatic rings. The molecule has 2 rings (SSSR count). The first kappa shape index (κ1) is 13.9. The number of alkyl halides is 3. The van der Waals surface area contributed by atoms with Crippen LogP contribution in [0.25, 0.3) is 0 Å². The lowest BCUT2D eigenvalue weighted by atomic mass is 10.2. The van der Waals surface area contributed by atoms with E-state index in [1.165, 1.54) is 12.1 Å². The van der Waals surface area contributed by atoms with Crippen LogP contribution in [0, 0.1) is 0 Å². The molecule has 0 saturated heterocycles. The van der Waals surface area contributed by atoms with E-state index in [1.54, 1.807) is 12.1 Å². The molecule has 2 N–H and O–H groups in total. The Labute approximate surface area is 112 Å². The number of nitrogens with two attached hydrogens (primary N) is 1. The van der Waals surface area contributed by atoms with E-state index in [2.05, 4.69) is 0 Å². The van der Waals surface area contributed by atoms with Gasteiger partial charge in [0.15, 0.2) is 0 Å². The van der Waals surface area contributed by atoms with Crippen molar-refractivity contribution in [1.82, 2.24) is 0 Å². The highest BCUT2D eigenvalue weighted by atomic mass is 19.4. The van der Waals surface area contributed by atoms with Crippen LogP contribution in [0.5, 0.6) is 5.75 Å². The molecule has 0 unspecified atom stereocenters. The molecule has 0 radical (unpaired) electrons. The van der Waals surface area contributed by atoms with Gasteiger partial charge in [-0.1, -0.05) is 12.1 Å². The zero-order valence-corrected chi connectivity index (χ0v) is 10.1. The smallest absolute Gasteiger partial charge is 0.416 e. The average molecular weight is 281 g/mol. The van der Waals surface area contributed by atoms with Crippen molar-refractivity contribution in [2.24, 2.45) is 0 Å². The molecule has 20 heavy (non-hydrogen) atoms. The van der Waals surface area contributed by atoms with E-state index < -0.39 is 17.7 Å². The van der Waals surface area contributed by atoms with Crippen molar-refractivity contribution in [2.75, 3.05) is 5.73 Å². The van der Waals surface area contributed by atoms with Crippen molar-refractivity contribution in [2.45, 2.75) is 6.18 Å². The van der Waals surface area contributed by atoms with Crippen molar-refractivity contribution in [1.29, 1.82) is 0 Å². The molecular weight excluding hydrogens is 271 g/mol. The van der Waals surface area contributed by atoms with Crippen LogP contribution in [0.1, 0.15) is 15.9 Å². The first-order valence-electron chi connectivity index (χ1n) is 5.62. The minimum atomic E-state index is -4.42. The lowest BCUT2D eigenvalue weighted by Gasteiger charge is -2.09. The molecule has 104 valence electrons. The van der Waals surface area contributed by atoms with E-state index in [9.17, 15) is 18.0 Å². The van der Waals surface area contributed by atoms with Gasteiger partial charge in [-0.15, -0.1) is 0 Å². The number of hydrogen-bond donors (Lipinski definition) is 1. The quantitative estimate of drug-likeness (QED) is 0.520. The summed E-state index contributed by atoms with van der Waals surface area (Å²) >= 11 is 0. The van der Waals surface area contributed by atoms with Gasteiger partial charge in [-0.25, -0.2) is 4.79 Å². The summed E-state index contributed by atoms with van der Waals surface area (Å²) in [6.07, 6.45) is -4.42. The van der Waals surface area contributed by atoms with Crippen molar-refractivity contribution in [3.8, 4) is 5.75 Å². The van der Waals surface area contributed by atoms with Gasteiger partial charge in [-0.2, -0.15) is 13.2 Å². The fourth-order valence-electron chi connectivity index (χ4n) is 1.56. The van der Waals surface area contributed by atoms with Gasteiger partial charge in [0.05, 0.1) is 11.1 Å². The molecule has 0 fully saturated rings. The number of benzene rings is 2. The highest BCUT2D eigenvalue weighted by Gasteiger charge is 2.30. The predicted octanol–water partition coefficient (Wildman–Crippen LogP) is 3.51. The molecule has 0 aliphatic carbocycles. The van der Waals surface area contributed by atoms with Crippen LogP contribution in [0.2, 0.25) is 0 Å². The molecule has 2 aromatic carbocycles. The van der Waals surface area contributed by atoms with E-state index in [0.717, 1.165) is 24.3 Å². The van der Waals surface area contributed by atoms with Gasteiger partial charge in [0.1, 0.15) is 5.75 Å². The van der Waals surface area contributed by atoms with Crippen LogP contribution in [0.4, 0.5) is 18.9 Å². The second-order valence-corrected chi connectivity index (χ2v) is 4.00. The second-order valence-electron chi connectivity index (χ2n) is 4.00. The molecule has 0 amide bonds. The standard InChI is InChI=1S/C14H10F3NO2/c15-14(16,17)9-5-7-10(8-6-9)20-13(19)11-3-1-2-4-12(11)18/h1-8H,18H2. The van der Waals surface area contributed by atoms with E-state index >= 15 is 0 Å². The fraction of sp³-hybridized carbons (Fsp3) is 0.0714. The first-order chi connectivity index (χ1) is 9.38. The maximum absolute atomic E-state index is 12.4. The number of halogens is 3. The van der Waals surface area contributed by atoms with Gasteiger partial charge in [0.25, 0.3) is 0 Å². The van der Waals surface area contributed by atoms with E-state index in [1.807, 2.05) is 0 Å². The molecule has 0 atom stereocenters. The molecule has 0 heterocycles. The summed E-state index contributed by atoms with van der Waals surface area (Å²) in [5.41, 5.74) is 5.20. The predicted molar refractivity (Wildman–Crippen MR) is 67.3 cm³/mol. The minimum absolute atomic E-state index is 0.0197. The summed E-state index contributed by atoms with van der Waals surface area (Å²) in [6.45, 7) is 0. The number of nitrogen functional groups attached to an aromatic ring is 1. The fourth-order valence-corrected chi connectivity index (χ4v) is 1.56. The Hall–Kier alpha value is -2.50. The van der Waals surface area contributed by atoms with Gasteiger partial charge in [-0.05, 0) is 36.4 Å². The molecule has 2 aromatic rings. The summed E-state index contributed by atoms with van der Waals surface area (Å²) in [7, 11) is 0. The lowest BCUT2D eigenvalue weighted by molar-refractivity contribution is -0.137. The van der Waals surface area contributed by atoms with Crippen LogP contribution < -0.4 is 10.5 Å².